The highest BCUT2D eigenvalue weighted by molar-refractivity contribution is 9.10. The second-order valence-electron chi connectivity index (χ2n) is 5.15. The molecule has 3 nitrogen and oxygen atoms in total. The molecule has 110 valence electrons. The van der Waals surface area contributed by atoms with Gasteiger partial charge in [0.15, 0.2) is 0 Å². The van der Waals surface area contributed by atoms with Gasteiger partial charge < -0.3 is 5.21 Å². The molecule has 1 aliphatic heterocycles. The minimum Gasteiger partial charge on any atom is -0.312 e. The summed E-state index contributed by atoms with van der Waals surface area (Å²) in [5.41, 5.74) is 1.63. The molecule has 5 heteroatoms. The molecular weight excluding hydrogens is 335 g/mol. The van der Waals surface area contributed by atoms with Crippen molar-refractivity contribution in [2.24, 2.45) is 0 Å². The lowest BCUT2D eigenvalue weighted by Crippen LogP contribution is -2.29. The first-order valence-electron chi connectivity index (χ1n) is 6.83. The number of hydrogen-bond acceptors (Lipinski definition) is 3. The number of hydrogen-bond donors (Lipinski definition) is 1. The number of halogens is 2. The van der Waals surface area contributed by atoms with Crippen LogP contribution in [0.4, 0.5) is 4.39 Å². The molecule has 1 saturated heterocycles. The van der Waals surface area contributed by atoms with Crippen molar-refractivity contribution in [3.63, 3.8) is 0 Å². The van der Waals surface area contributed by atoms with E-state index in [1.165, 1.54) is 11.1 Å². The van der Waals surface area contributed by atoms with E-state index in [2.05, 4.69) is 20.8 Å². The van der Waals surface area contributed by atoms with Crippen LogP contribution in [0.3, 0.4) is 0 Å². The van der Waals surface area contributed by atoms with E-state index < -0.39 is 0 Å². The second kappa shape index (κ2) is 6.23. The van der Waals surface area contributed by atoms with Gasteiger partial charge in [0, 0.05) is 29.7 Å². The summed E-state index contributed by atoms with van der Waals surface area (Å²) in [6.07, 6.45) is -0.248. The Bertz CT molecular complexity index is 637. The summed E-state index contributed by atoms with van der Waals surface area (Å²) in [5.74, 6) is -0.207. The summed E-state index contributed by atoms with van der Waals surface area (Å²) < 4.78 is 14.8. The third-order valence-corrected chi connectivity index (χ3v) is 4.22. The van der Waals surface area contributed by atoms with Crippen LogP contribution >= 0.6 is 15.9 Å². The number of rotatable bonds is 3. The molecule has 0 saturated carbocycles. The first-order valence-corrected chi connectivity index (χ1v) is 7.63. The highest BCUT2D eigenvalue weighted by Gasteiger charge is 2.32. The molecule has 1 unspecified atom stereocenters. The van der Waals surface area contributed by atoms with E-state index in [1.54, 1.807) is 12.1 Å². The van der Waals surface area contributed by atoms with E-state index in [4.69, 9.17) is 0 Å². The van der Waals surface area contributed by atoms with Crippen LogP contribution in [0.2, 0.25) is 0 Å². The Balaban J connectivity index is 1.86. The van der Waals surface area contributed by atoms with Crippen molar-refractivity contribution in [2.45, 2.75) is 12.7 Å². The lowest BCUT2D eigenvalue weighted by Gasteiger charge is -2.27. The van der Waals surface area contributed by atoms with E-state index in [0.29, 0.717) is 25.2 Å². The average molecular weight is 351 g/mol. The summed E-state index contributed by atoms with van der Waals surface area (Å²) >= 11 is 3.45. The summed E-state index contributed by atoms with van der Waals surface area (Å²) in [4.78, 5) is 2.07. The van der Waals surface area contributed by atoms with Crippen LogP contribution < -0.4 is 0 Å². The second-order valence-corrected chi connectivity index (χ2v) is 6.07. The summed E-state index contributed by atoms with van der Waals surface area (Å²) in [6, 6.07) is 14.6. The Morgan fingerprint density at radius 3 is 2.71 bits per heavy atom. The van der Waals surface area contributed by atoms with Crippen molar-refractivity contribution in [3.8, 4) is 0 Å². The van der Waals surface area contributed by atoms with Crippen LogP contribution in [0.25, 0.3) is 0 Å². The molecule has 3 rings (SSSR count). The minimum atomic E-state index is -0.248. The quantitative estimate of drug-likeness (QED) is 0.912. The topological polar surface area (TPSA) is 26.7 Å². The normalized spacial score (nSPS) is 20.0. The molecule has 0 amide bonds. The Morgan fingerprint density at radius 2 is 1.95 bits per heavy atom. The largest absolute Gasteiger partial charge is 0.312 e. The molecule has 2 aromatic rings. The van der Waals surface area contributed by atoms with Crippen molar-refractivity contribution < 1.29 is 9.60 Å². The zero-order valence-electron chi connectivity index (χ0n) is 11.4. The van der Waals surface area contributed by atoms with Gasteiger partial charge in [0.05, 0.1) is 0 Å². The first-order chi connectivity index (χ1) is 10.1. The molecule has 2 aromatic carbocycles. The zero-order chi connectivity index (χ0) is 14.8. The fourth-order valence-electron chi connectivity index (χ4n) is 2.73. The molecule has 0 aromatic heterocycles. The van der Waals surface area contributed by atoms with Crippen LogP contribution in [0, 0.1) is 5.82 Å². The number of benzene rings is 2. The molecule has 0 aliphatic carbocycles. The van der Waals surface area contributed by atoms with Gasteiger partial charge in [-0.2, -0.15) is 5.06 Å². The van der Waals surface area contributed by atoms with Crippen LogP contribution in [-0.2, 0) is 6.54 Å². The maximum Gasteiger partial charge on any atom is 0.127 e. The van der Waals surface area contributed by atoms with Gasteiger partial charge in [-0.25, -0.2) is 4.39 Å². The lowest BCUT2D eigenvalue weighted by atomic mass is 10.1. The molecule has 1 fully saturated rings. The molecule has 1 heterocycles. The SMILES string of the molecule is ON1CCN(Cc2ccccc2F)C1c1cccc(Br)c1. The molecule has 1 atom stereocenters. The number of hydroxylamine groups is 2. The molecular formula is C16H16BrFN2O. The molecule has 1 N–H and O–H groups in total. The Morgan fingerprint density at radius 1 is 1.14 bits per heavy atom. The van der Waals surface area contributed by atoms with E-state index in [9.17, 15) is 9.60 Å². The molecule has 21 heavy (non-hydrogen) atoms. The molecule has 0 radical (unpaired) electrons. The Hall–Kier alpha value is -1.27. The minimum absolute atomic E-state index is 0.207. The Labute approximate surface area is 131 Å². The predicted octanol–water partition coefficient (Wildman–Crippen LogP) is 3.79. The van der Waals surface area contributed by atoms with Crippen molar-refractivity contribution in [3.05, 3.63) is 69.9 Å². The van der Waals surface area contributed by atoms with Crippen LogP contribution in [-0.4, -0.2) is 28.3 Å². The number of nitrogens with zero attached hydrogens (tertiary/aromatic N) is 2. The Kier molecular flexibility index (Phi) is 4.35. The third-order valence-electron chi connectivity index (χ3n) is 3.72. The summed E-state index contributed by atoms with van der Waals surface area (Å²) in [5, 5.41) is 11.4. The predicted molar refractivity (Wildman–Crippen MR) is 82.2 cm³/mol. The maximum atomic E-state index is 13.8. The highest BCUT2D eigenvalue weighted by atomic mass is 79.9. The molecule has 0 spiro atoms. The fourth-order valence-corrected chi connectivity index (χ4v) is 3.14. The van der Waals surface area contributed by atoms with E-state index >= 15 is 0 Å². The van der Waals surface area contributed by atoms with Gasteiger partial charge in [0.25, 0.3) is 0 Å². The van der Waals surface area contributed by atoms with Gasteiger partial charge in [-0.3, -0.25) is 4.90 Å². The lowest BCUT2D eigenvalue weighted by molar-refractivity contribution is -0.128. The van der Waals surface area contributed by atoms with Gasteiger partial charge >= 0.3 is 0 Å². The van der Waals surface area contributed by atoms with E-state index in [0.717, 1.165) is 10.0 Å². The van der Waals surface area contributed by atoms with Crippen molar-refractivity contribution >= 4 is 15.9 Å². The van der Waals surface area contributed by atoms with Crippen molar-refractivity contribution in [1.29, 1.82) is 0 Å². The molecule has 1 aliphatic rings. The molecule has 0 bridgehead atoms. The fraction of sp³-hybridized carbons (Fsp3) is 0.250. The first kappa shape index (κ1) is 14.7. The van der Waals surface area contributed by atoms with Gasteiger partial charge in [0.2, 0.25) is 0 Å². The van der Waals surface area contributed by atoms with Gasteiger partial charge in [-0.15, -0.1) is 0 Å². The smallest absolute Gasteiger partial charge is 0.127 e. The van der Waals surface area contributed by atoms with Crippen LogP contribution in [0.5, 0.6) is 0 Å². The zero-order valence-corrected chi connectivity index (χ0v) is 13.0. The van der Waals surface area contributed by atoms with Crippen LogP contribution in [0.1, 0.15) is 17.3 Å². The average Bonchev–Trinajstić information content (AvgIpc) is 2.82. The van der Waals surface area contributed by atoms with Gasteiger partial charge in [-0.05, 0) is 23.8 Å². The van der Waals surface area contributed by atoms with Crippen molar-refractivity contribution in [1.82, 2.24) is 9.96 Å². The highest BCUT2D eigenvalue weighted by Crippen LogP contribution is 2.31. The van der Waals surface area contributed by atoms with E-state index in [-0.39, 0.29) is 12.0 Å². The summed E-state index contributed by atoms with van der Waals surface area (Å²) in [6.45, 7) is 1.72. The maximum absolute atomic E-state index is 13.8. The van der Waals surface area contributed by atoms with Gasteiger partial charge in [0.1, 0.15) is 12.0 Å². The van der Waals surface area contributed by atoms with Crippen LogP contribution in [0.15, 0.2) is 53.0 Å². The summed E-state index contributed by atoms with van der Waals surface area (Å²) in [7, 11) is 0. The van der Waals surface area contributed by atoms with Gasteiger partial charge in [-0.1, -0.05) is 46.3 Å². The standard InChI is InChI=1S/C16H16BrFN2O/c17-14-6-3-5-12(10-14)16-19(8-9-20(16)21)11-13-4-1-2-7-15(13)18/h1-7,10,16,21H,8-9,11H2. The van der Waals surface area contributed by atoms with E-state index in [1.807, 2.05) is 30.3 Å². The monoisotopic (exact) mass is 350 g/mol. The third kappa shape index (κ3) is 3.16. The van der Waals surface area contributed by atoms with Crippen molar-refractivity contribution in [2.75, 3.05) is 13.1 Å².